The van der Waals surface area contributed by atoms with Crippen LogP contribution in [0.15, 0.2) is 0 Å². The molecule has 0 bridgehead atoms. The second-order valence-corrected chi connectivity index (χ2v) is 5.65. The van der Waals surface area contributed by atoms with Crippen LogP contribution in [0, 0.1) is 5.92 Å². The highest BCUT2D eigenvalue weighted by Crippen LogP contribution is 2.25. The Balaban J connectivity index is 2.19. The number of rotatable bonds is 6. The Morgan fingerprint density at radius 1 is 1.33 bits per heavy atom. The molecule has 118 valence electrons. The average molecular weight is 295 g/mol. The highest BCUT2D eigenvalue weighted by atomic mass is 16.5. The highest BCUT2D eigenvalue weighted by Gasteiger charge is 2.32. The number of hydrazine groups is 1. The zero-order valence-corrected chi connectivity index (χ0v) is 13.2. The van der Waals surface area contributed by atoms with Crippen LogP contribution >= 0.6 is 0 Å². The first-order valence-electron chi connectivity index (χ1n) is 7.32. The van der Waals surface area contributed by atoms with Crippen LogP contribution in [-0.2, 0) is 0 Å². The molecule has 1 saturated heterocycles. The van der Waals surface area contributed by atoms with Gasteiger partial charge in [0.25, 0.3) is 0 Å². The molecule has 1 fully saturated rings. The number of hydrogen-bond acceptors (Lipinski definition) is 8. The first kappa shape index (κ1) is 15.7. The normalized spacial score (nSPS) is 21.9. The molecule has 3 N–H and O–H groups in total. The van der Waals surface area contributed by atoms with Crippen LogP contribution in [0.2, 0.25) is 0 Å². The summed E-state index contributed by atoms with van der Waals surface area (Å²) < 4.78 is 5.50. The predicted octanol–water partition coefficient (Wildman–Crippen LogP) is 0.332. The Bertz CT molecular complexity index is 468. The molecule has 8 nitrogen and oxygen atoms in total. The number of anilines is 2. The van der Waals surface area contributed by atoms with Crippen molar-refractivity contribution in [3.63, 3.8) is 0 Å². The number of hydrogen-bond donors (Lipinski definition) is 2. The molecule has 2 atom stereocenters. The van der Waals surface area contributed by atoms with E-state index in [1.165, 1.54) is 0 Å². The van der Waals surface area contributed by atoms with E-state index in [1.807, 2.05) is 6.92 Å². The van der Waals surface area contributed by atoms with Gasteiger partial charge in [0, 0.05) is 19.1 Å². The maximum Gasteiger partial charge on any atom is 0.323 e. The standard InChI is InChI=1S/C13H25N7O/c1-5-6-21-13-16-11(18-14)15-12(17-13)20-7-9(2)10(8-20)19(3)4/h9-10H,5-8,14H2,1-4H3,(H,15,16,17,18). The third kappa shape index (κ3) is 3.70. The summed E-state index contributed by atoms with van der Waals surface area (Å²) in [6.45, 7) is 6.64. The van der Waals surface area contributed by atoms with Crippen molar-refractivity contribution in [2.45, 2.75) is 26.3 Å². The van der Waals surface area contributed by atoms with Crippen molar-refractivity contribution in [2.75, 3.05) is 44.1 Å². The molecule has 1 aliphatic rings. The Labute approximate surface area is 125 Å². The lowest BCUT2D eigenvalue weighted by atomic mass is 10.1. The summed E-state index contributed by atoms with van der Waals surface area (Å²) in [5, 5.41) is 0. The molecule has 1 aromatic rings. The Kier molecular flexibility index (Phi) is 5.13. The van der Waals surface area contributed by atoms with Crippen LogP contribution in [0.4, 0.5) is 11.9 Å². The molecule has 0 aliphatic carbocycles. The topological polar surface area (TPSA) is 92.4 Å². The van der Waals surface area contributed by atoms with Crippen molar-refractivity contribution in [3.8, 4) is 6.01 Å². The van der Waals surface area contributed by atoms with Gasteiger partial charge in [-0.2, -0.15) is 15.0 Å². The molecule has 8 heteroatoms. The molecule has 0 aromatic carbocycles. The van der Waals surface area contributed by atoms with Gasteiger partial charge < -0.3 is 14.5 Å². The molecule has 0 spiro atoms. The number of ether oxygens (including phenoxy) is 1. The summed E-state index contributed by atoms with van der Waals surface area (Å²) in [7, 11) is 4.20. The van der Waals surface area contributed by atoms with Gasteiger partial charge in [-0.3, -0.25) is 5.43 Å². The van der Waals surface area contributed by atoms with Gasteiger partial charge >= 0.3 is 6.01 Å². The molecule has 2 rings (SSSR count). The van der Waals surface area contributed by atoms with Gasteiger partial charge in [0.2, 0.25) is 11.9 Å². The number of aromatic nitrogens is 3. The molecular weight excluding hydrogens is 270 g/mol. The average Bonchev–Trinajstić information content (AvgIpc) is 2.87. The van der Waals surface area contributed by atoms with Crippen molar-refractivity contribution in [2.24, 2.45) is 11.8 Å². The number of nitrogens with zero attached hydrogens (tertiary/aromatic N) is 5. The minimum atomic E-state index is 0.316. The van der Waals surface area contributed by atoms with E-state index in [0.29, 0.717) is 36.5 Å². The molecule has 0 saturated carbocycles. The van der Waals surface area contributed by atoms with Crippen molar-refractivity contribution < 1.29 is 4.74 Å². The van der Waals surface area contributed by atoms with E-state index in [0.717, 1.165) is 19.5 Å². The summed E-state index contributed by atoms with van der Waals surface area (Å²) in [6.07, 6.45) is 0.899. The third-order valence-corrected chi connectivity index (χ3v) is 3.69. The Morgan fingerprint density at radius 3 is 2.67 bits per heavy atom. The highest BCUT2D eigenvalue weighted by molar-refractivity contribution is 5.39. The fourth-order valence-corrected chi connectivity index (χ4v) is 2.59. The lowest BCUT2D eigenvalue weighted by molar-refractivity contribution is 0.266. The molecular formula is C13H25N7O. The van der Waals surface area contributed by atoms with Gasteiger partial charge in [0.05, 0.1) is 6.61 Å². The van der Waals surface area contributed by atoms with Crippen LogP contribution < -0.4 is 20.9 Å². The number of nitrogens with one attached hydrogen (secondary N) is 1. The summed E-state index contributed by atoms with van der Waals surface area (Å²) in [6, 6.07) is 0.798. The lowest BCUT2D eigenvalue weighted by Gasteiger charge is -2.22. The minimum Gasteiger partial charge on any atom is -0.463 e. The fourth-order valence-electron chi connectivity index (χ4n) is 2.59. The van der Waals surface area contributed by atoms with E-state index in [1.54, 1.807) is 0 Å². The zero-order valence-electron chi connectivity index (χ0n) is 13.2. The molecule has 1 aromatic heterocycles. The van der Waals surface area contributed by atoms with Crippen molar-refractivity contribution in [3.05, 3.63) is 0 Å². The number of nitrogens with two attached hydrogens (primary N) is 1. The van der Waals surface area contributed by atoms with Gasteiger partial charge in [-0.25, -0.2) is 5.84 Å². The van der Waals surface area contributed by atoms with E-state index in [9.17, 15) is 0 Å². The quantitative estimate of drug-likeness (QED) is 0.573. The maximum absolute atomic E-state index is 5.50. The maximum atomic E-state index is 5.50. The van der Waals surface area contributed by atoms with Crippen LogP contribution in [0.25, 0.3) is 0 Å². The van der Waals surface area contributed by atoms with Gasteiger partial charge in [-0.1, -0.05) is 13.8 Å². The minimum absolute atomic E-state index is 0.316. The molecule has 1 aliphatic heterocycles. The van der Waals surface area contributed by atoms with Crippen LogP contribution in [0.3, 0.4) is 0 Å². The number of likely N-dealkylation sites (N-methyl/N-ethyl adjacent to an activating group) is 1. The van der Waals surface area contributed by atoms with Crippen LogP contribution in [0.1, 0.15) is 20.3 Å². The van der Waals surface area contributed by atoms with Gasteiger partial charge in [0.15, 0.2) is 0 Å². The molecule has 2 unspecified atom stereocenters. The van der Waals surface area contributed by atoms with Gasteiger partial charge in [0.1, 0.15) is 0 Å². The predicted molar refractivity (Wildman–Crippen MR) is 82.3 cm³/mol. The summed E-state index contributed by atoms with van der Waals surface area (Å²) in [5.74, 6) is 6.92. The fraction of sp³-hybridized carbons (Fsp3) is 0.769. The lowest BCUT2D eigenvalue weighted by Crippen LogP contribution is -2.34. The Morgan fingerprint density at radius 2 is 2.10 bits per heavy atom. The zero-order chi connectivity index (χ0) is 15.4. The molecule has 0 amide bonds. The van der Waals surface area contributed by atoms with E-state index < -0.39 is 0 Å². The van der Waals surface area contributed by atoms with E-state index in [4.69, 9.17) is 10.6 Å². The first-order valence-corrected chi connectivity index (χ1v) is 7.32. The SMILES string of the molecule is CCCOc1nc(NN)nc(N2CC(C)C(N(C)C)C2)n1. The first-order chi connectivity index (χ1) is 10.0. The van der Waals surface area contributed by atoms with Crippen LogP contribution in [-0.4, -0.2) is 59.7 Å². The smallest absolute Gasteiger partial charge is 0.323 e. The van der Waals surface area contributed by atoms with E-state index >= 15 is 0 Å². The van der Waals surface area contributed by atoms with Crippen molar-refractivity contribution in [1.82, 2.24) is 19.9 Å². The van der Waals surface area contributed by atoms with Gasteiger partial charge in [-0.05, 0) is 26.4 Å². The van der Waals surface area contributed by atoms with E-state index in [2.05, 4.69) is 51.2 Å². The monoisotopic (exact) mass is 295 g/mol. The van der Waals surface area contributed by atoms with Crippen molar-refractivity contribution in [1.29, 1.82) is 0 Å². The third-order valence-electron chi connectivity index (χ3n) is 3.69. The van der Waals surface area contributed by atoms with E-state index in [-0.39, 0.29) is 0 Å². The molecule has 2 heterocycles. The summed E-state index contributed by atoms with van der Waals surface area (Å²) in [4.78, 5) is 17.2. The second kappa shape index (κ2) is 6.86. The van der Waals surface area contributed by atoms with Crippen molar-refractivity contribution >= 4 is 11.9 Å². The molecule has 21 heavy (non-hydrogen) atoms. The Hall–Kier alpha value is -1.67. The largest absolute Gasteiger partial charge is 0.463 e. The second-order valence-electron chi connectivity index (χ2n) is 5.65. The molecule has 0 radical (unpaired) electrons. The summed E-state index contributed by atoms with van der Waals surface area (Å²) >= 11 is 0. The number of nitrogen functional groups attached to an aromatic ring is 1. The van der Waals surface area contributed by atoms with Gasteiger partial charge in [-0.15, -0.1) is 0 Å². The van der Waals surface area contributed by atoms with Crippen LogP contribution in [0.5, 0.6) is 6.01 Å². The summed E-state index contributed by atoms with van der Waals surface area (Å²) in [5.41, 5.74) is 2.47.